The van der Waals surface area contributed by atoms with Gasteiger partial charge in [0.2, 0.25) is 0 Å². The third kappa shape index (κ3) is 2.47. The van der Waals surface area contributed by atoms with Crippen LogP contribution in [-0.4, -0.2) is 23.3 Å². The normalized spacial score (nSPS) is 14.9. The van der Waals surface area contributed by atoms with E-state index in [1.165, 1.54) is 0 Å². The highest BCUT2D eigenvalue weighted by molar-refractivity contribution is 6.48. The molecule has 1 aromatic rings. The summed E-state index contributed by atoms with van der Waals surface area (Å²) < 4.78 is 0. The molecule has 1 aliphatic rings. The molecular weight excluding hydrogens is 264 g/mol. The van der Waals surface area contributed by atoms with Crippen molar-refractivity contribution in [3.8, 4) is 12.3 Å². The van der Waals surface area contributed by atoms with Gasteiger partial charge in [0.05, 0.1) is 6.54 Å². The largest absolute Gasteiger partial charge is 0.350 e. The molecule has 0 saturated heterocycles. The summed E-state index contributed by atoms with van der Waals surface area (Å²) in [6, 6.07) is 7.37. The zero-order valence-electron chi connectivity index (χ0n) is 10.2. The lowest BCUT2D eigenvalue weighted by Gasteiger charge is -2.11. The summed E-state index contributed by atoms with van der Waals surface area (Å²) in [4.78, 5) is 24.7. The van der Waals surface area contributed by atoms with Crippen molar-refractivity contribution in [3.63, 3.8) is 0 Å². The second kappa shape index (κ2) is 5.17. The fourth-order valence-corrected chi connectivity index (χ4v) is 1.90. The van der Waals surface area contributed by atoms with Crippen molar-refractivity contribution in [2.24, 2.45) is 0 Å². The molecule has 1 N–H and O–H groups in total. The lowest BCUT2D eigenvalue weighted by atomic mass is 10.2. The van der Waals surface area contributed by atoms with Crippen LogP contribution in [0.2, 0.25) is 0 Å². The van der Waals surface area contributed by atoms with Crippen molar-refractivity contribution >= 4 is 29.1 Å². The molecule has 0 bridgehead atoms. The summed E-state index contributed by atoms with van der Waals surface area (Å²) in [5.74, 6) is 1.18. The Morgan fingerprint density at radius 1 is 1.26 bits per heavy atom. The molecule has 0 saturated carbocycles. The highest BCUT2D eigenvalue weighted by Crippen LogP contribution is 2.25. The average Bonchev–Trinajstić information content (AvgIpc) is 2.59. The predicted octanol–water partition coefficient (Wildman–Crippen LogP) is 1.86. The van der Waals surface area contributed by atoms with Gasteiger partial charge in [0, 0.05) is 5.69 Å². The van der Waals surface area contributed by atoms with E-state index in [9.17, 15) is 9.59 Å². The van der Waals surface area contributed by atoms with Crippen LogP contribution in [0.25, 0.3) is 0 Å². The SMILES string of the molecule is C#CCN1C(=O)C(Cl)=C(Nc2ccc(C)cc2)C1=O. The summed E-state index contributed by atoms with van der Waals surface area (Å²) in [5, 5.41) is 2.72. The van der Waals surface area contributed by atoms with Gasteiger partial charge < -0.3 is 5.32 Å². The maximum atomic E-state index is 12.0. The number of hydrogen-bond acceptors (Lipinski definition) is 3. The van der Waals surface area contributed by atoms with E-state index >= 15 is 0 Å². The summed E-state index contributed by atoms with van der Waals surface area (Å²) >= 11 is 5.87. The average molecular weight is 275 g/mol. The number of anilines is 1. The van der Waals surface area contributed by atoms with Gasteiger partial charge in [-0.2, -0.15) is 0 Å². The number of carbonyl (C=O) groups excluding carboxylic acids is 2. The van der Waals surface area contributed by atoms with Gasteiger partial charge >= 0.3 is 0 Å². The van der Waals surface area contributed by atoms with Gasteiger partial charge in [0.25, 0.3) is 11.8 Å². The molecule has 0 radical (unpaired) electrons. The molecule has 0 spiro atoms. The molecule has 2 amide bonds. The topological polar surface area (TPSA) is 49.4 Å². The first-order valence-electron chi connectivity index (χ1n) is 5.57. The molecule has 1 aromatic carbocycles. The molecular formula is C14H11ClN2O2. The van der Waals surface area contributed by atoms with Crippen molar-refractivity contribution in [2.45, 2.75) is 6.92 Å². The zero-order chi connectivity index (χ0) is 14.0. The molecule has 2 rings (SSSR count). The molecule has 1 heterocycles. The molecule has 0 unspecified atom stereocenters. The standard InChI is InChI=1S/C14H11ClN2O2/c1-3-8-17-13(18)11(15)12(14(17)19)16-10-6-4-9(2)5-7-10/h1,4-7,16H,8H2,2H3. The van der Waals surface area contributed by atoms with Gasteiger partial charge in [-0.15, -0.1) is 6.42 Å². The van der Waals surface area contributed by atoms with Crippen LogP contribution in [-0.2, 0) is 9.59 Å². The fraction of sp³-hybridized carbons (Fsp3) is 0.143. The van der Waals surface area contributed by atoms with Gasteiger partial charge in [-0.1, -0.05) is 35.2 Å². The van der Waals surface area contributed by atoms with Gasteiger partial charge in [-0.25, -0.2) is 0 Å². The smallest absolute Gasteiger partial charge is 0.279 e. The van der Waals surface area contributed by atoms with Crippen LogP contribution in [0.3, 0.4) is 0 Å². The monoisotopic (exact) mass is 274 g/mol. The second-order valence-corrected chi connectivity index (χ2v) is 4.46. The van der Waals surface area contributed by atoms with E-state index in [2.05, 4.69) is 11.2 Å². The van der Waals surface area contributed by atoms with E-state index in [4.69, 9.17) is 18.0 Å². The number of carbonyl (C=O) groups is 2. The Labute approximate surface area is 116 Å². The lowest BCUT2D eigenvalue weighted by Crippen LogP contribution is -2.32. The number of imide groups is 1. The molecule has 5 heteroatoms. The maximum Gasteiger partial charge on any atom is 0.279 e. The maximum absolute atomic E-state index is 12.0. The highest BCUT2D eigenvalue weighted by atomic mass is 35.5. The minimum absolute atomic E-state index is 0.0609. The molecule has 19 heavy (non-hydrogen) atoms. The number of aryl methyl sites for hydroxylation is 1. The third-order valence-corrected chi connectivity index (χ3v) is 3.03. The quantitative estimate of drug-likeness (QED) is 0.676. The summed E-state index contributed by atoms with van der Waals surface area (Å²) in [7, 11) is 0. The van der Waals surface area contributed by atoms with Crippen molar-refractivity contribution < 1.29 is 9.59 Å². The van der Waals surface area contributed by atoms with Crippen molar-refractivity contribution in [1.82, 2.24) is 4.90 Å². The van der Waals surface area contributed by atoms with Crippen LogP contribution < -0.4 is 5.32 Å². The Morgan fingerprint density at radius 2 is 1.89 bits per heavy atom. The first-order chi connectivity index (χ1) is 9.04. The number of amides is 2. The molecule has 4 nitrogen and oxygen atoms in total. The minimum Gasteiger partial charge on any atom is -0.350 e. The number of terminal acetylenes is 1. The highest BCUT2D eigenvalue weighted by Gasteiger charge is 2.37. The van der Waals surface area contributed by atoms with E-state index < -0.39 is 11.8 Å². The number of nitrogens with one attached hydrogen (secondary N) is 1. The van der Waals surface area contributed by atoms with Crippen molar-refractivity contribution in [2.75, 3.05) is 11.9 Å². The van der Waals surface area contributed by atoms with E-state index in [1.54, 1.807) is 12.1 Å². The van der Waals surface area contributed by atoms with Gasteiger partial charge in [-0.3, -0.25) is 14.5 Å². The summed E-state index contributed by atoms with van der Waals surface area (Å²) in [6.07, 6.45) is 5.11. The Kier molecular flexibility index (Phi) is 3.59. The van der Waals surface area contributed by atoms with Crippen LogP contribution in [0.15, 0.2) is 35.0 Å². The van der Waals surface area contributed by atoms with E-state index in [1.807, 2.05) is 19.1 Å². The summed E-state index contributed by atoms with van der Waals surface area (Å²) in [5.41, 5.74) is 1.83. The first-order valence-corrected chi connectivity index (χ1v) is 5.95. The zero-order valence-corrected chi connectivity index (χ0v) is 11.0. The van der Waals surface area contributed by atoms with Gasteiger partial charge in [0.15, 0.2) is 0 Å². The Hall–Kier alpha value is -2.25. The molecule has 0 aromatic heterocycles. The molecule has 0 fully saturated rings. The molecule has 0 aliphatic carbocycles. The van der Waals surface area contributed by atoms with Crippen molar-refractivity contribution in [3.05, 3.63) is 40.6 Å². The van der Waals surface area contributed by atoms with E-state index in [0.29, 0.717) is 5.69 Å². The lowest BCUT2D eigenvalue weighted by molar-refractivity contribution is -0.136. The number of nitrogens with zero attached hydrogens (tertiary/aromatic N) is 1. The van der Waals surface area contributed by atoms with Crippen LogP contribution in [0.5, 0.6) is 0 Å². The number of hydrogen-bond donors (Lipinski definition) is 1. The first kappa shape index (κ1) is 13.2. The fourth-order valence-electron chi connectivity index (χ4n) is 1.67. The van der Waals surface area contributed by atoms with Crippen molar-refractivity contribution in [1.29, 1.82) is 0 Å². The number of benzene rings is 1. The van der Waals surface area contributed by atoms with Gasteiger partial charge in [-0.05, 0) is 19.1 Å². The van der Waals surface area contributed by atoms with Crippen LogP contribution in [0.4, 0.5) is 5.69 Å². The van der Waals surface area contributed by atoms with E-state index in [0.717, 1.165) is 10.5 Å². The van der Waals surface area contributed by atoms with Crippen LogP contribution in [0, 0.1) is 19.3 Å². The van der Waals surface area contributed by atoms with Gasteiger partial charge in [0.1, 0.15) is 10.7 Å². The Morgan fingerprint density at radius 3 is 2.47 bits per heavy atom. The second-order valence-electron chi connectivity index (χ2n) is 4.08. The Bertz CT molecular complexity index is 611. The third-order valence-electron chi connectivity index (χ3n) is 2.68. The van der Waals surface area contributed by atoms with Crippen LogP contribution in [0.1, 0.15) is 5.56 Å². The Balaban J connectivity index is 2.25. The molecule has 96 valence electrons. The minimum atomic E-state index is -0.570. The predicted molar refractivity (Wildman–Crippen MR) is 73.2 cm³/mol. The number of halogens is 1. The van der Waals surface area contributed by atoms with E-state index in [-0.39, 0.29) is 17.3 Å². The summed E-state index contributed by atoms with van der Waals surface area (Å²) in [6.45, 7) is 1.86. The molecule has 1 aliphatic heterocycles. The molecule has 0 atom stereocenters. The number of rotatable bonds is 3. The van der Waals surface area contributed by atoms with Crippen LogP contribution >= 0.6 is 11.6 Å².